The van der Waals surface area contributed by atoms with Crippen LogP contribution in [0.3, 0.4) is 0 Å². The van der Waals surface area contributed by atoms with E-state index in [1.807, 2.05) is 30.5 Å². The van der Waals surface area contributed by atoms with Gasteiger partial charge in [-0.25, -0.2) is 18.1 Å². The number of aryl methyl sites for hydroxylation is 2. The Morgan fingerprint density at radius 2 is 2.07 bits per heavy atom. The van der Waals surface area contributed by atoms with E-state index >= 15 is 0 Å². The lowest BCUT2D eigenvalue weighted by molar-refractivity contribution is -0.121. The van der Waals surface area contributed by atoms with Crippen molar-refractivity contribution in [1.29, 1.82) is 0 Å². The van der Waals surface area contributed by atoms with E-state index in [1.165, 1.54) is 17.6 Å². The van der Waals surface area contributed by atoms with Gasteiger partial charge in [-0.1, -0.05) is 23.8 Å². The zero-order chi connectivity index (χ0) is 20.1. The third kappa shape index (κ3) is 5.06. The van der Waals surface area contributed by atoms with Crippen LogP contribution < -0.4 is 10.0 Å². The highest BCUT2D eigenvalue weighted by atomic mass is 32.2. The number of hydrogen-bond acceptors (Lipinski definition) is 6. The summed E-state index contributed by atoms with van der Waals surface area (Å²) in [5.41, 5.74) is 2.27. The molecule has 0 fully saturated rings. The number of hydrogen-bond donors (Lipinski definition) is 2. The summed E-state index contributed by atoms with van der Waals surface area (Å²) in [5.74, 6) is 0.240. The molecule has 1 aromatic carbocycles. The molecule has 0 aliphatic carbocycles. The molecule has 0 spiro atoms. The van der Waals surface area contributed by atoms with E-state index in [0.717, 1.165) is 10.4 Å². The molecule has 3 aromatic rings. The number of carbonyl (C=O) groups excluding carboxylic acids is 1. The van der Waals surface area contributed by atoms with Crippen LogP contribution in [0.1, 0.15) is 23.2 Å². The van der Waals surface area contributed by atoms with Crippen LogP contribution in [0, 0.1) is 13.8 Å². The lowest BCUT2D eigenvalue weighted by Crippen LogP contribution is -2.31. The first-order valence-electron chi connectivity index (χ1n) is 8.67. The number of amides is 1. The topological polar surface area (TPSA) is 101 Å². The van der Waals surface area contributed by atoms with E-state index in [0.29, 0.717) is 17.1 Å². The van der Waals surface area contributed by atoms with Gasteiger partial charge in [0.2, 0.25) is 21.8 Å². The summed E-state index contributed by atoms with van der Waals surface area (Å²) in [5, 5.41) is 4.64. The monoisotopic (exact) mass is 419 g/mol. The van der Waals surface area contributed by atoms with Gasteiger partial charge in [-0.05, 0) is 36.9 Å². The number of oxazole rings is 1. The first-order valence-corrected chi connectivity index (χ1v) is 11.0. The average molecular weight is 420 g/mol. The van der Waals surface area contributed by atoms with Crippen molar-refractivity contribution in [3.05, 3.63) is 58.8 Å². The Morgan fingerprint density at radius 3 is 2.79 bits per heavy atom. The minimum absolute atomic E-state index is 0.0146. The van der Waals surface area contributed by atoms with Gasteiger partial charge in [0.15, 0.2) is 0 Å². The quantitative estimate of drug-likeness (QED) is 0.584. The molecule has 0 unspecified atom stereocenters. The summed E-state index contributed by atoms with van der Waals surface area (Å²) in [7, 11) is -3.65. The van der Waals surface area contributed by atoms with Crippen molar-refractivity contribution in [1.82, 2.24) is 15.0 Å². The maximum absolute atomic E-state index is 12.4. The predicted molar refractivity (Wildman–Crippen MR) is 107 cm³/mol. The van der Waals surface area contributed by atoms with Crippen molar-refractivity contribution in [2.45, 2.75) is 31.7 Å². The van der Waals surface area contributed by atoms with E-state index in [9.17, 15) is 13.2 Å². The molecule has 2 N–H and O–H groups in total. The molecule has 3 rings (SSSR count). The largest absolute Gasteiger partial charge is 0.443 e. The van der Waals surface area contributed by atoms with E-state index in [4.69, 9.17) is 4.42 Å². The molecule has 2 aromatic heterocycles. The molecule has 148 valence electrons. The molecule has 28 heavy (non-hydrogen) atoms. The Hall–Kier alpha value is -2.49. The second-order valence-electron chi connectivity index (χ2n) is 6.31. The highest BCUT2D eigenvalue weighted by Gasteiger charge is 2.17. The molecule has 7 nitrogen and oxygen atoms in total. The number of rotatable bonds is 8. The molecule has 1 amide bonds. The van der Waals surface area contributed by atoms with Gasteiger partial charge in [0, 0.05) is 13.0 Å². The molecule has 9 heteroatoms. The Morgan fingerprint density at radius 1 is 1.25 bits per heavy atom. The number of carbonyl (C=O) groups is 1. The summed E-state index contributed by atoms with van der Waals surface area (Å²) in [6.45, 7) is 3.88. The molecule has 0 radical (unpaired) electrons. The van der Waals surface area contributed by atoms with Crippen LogP contribution in [-0.4, -0.2) is 25.9 Å². The lowest BCUT2D eigenvalue weighted by atomic mass is 10.2. The number of thiophene rings is 1. The van der Waals surface area contributed by atoms with Crippen molar-refractivity contribution in [2.24, 2.45) is 0 Å². The Labute approximate surface area is 167 Å². The Bertz CT molecular complexity index is 1060. The molecular formula is C19H21N3O4S2. The van der Waals surface area contributed by atoms with Crippen molar-refractivity contribution >= 4 is 27.3 Å². The summed E-state index contributed by atoms with van der Waals surface area (Å²) in [6, 6.07) is 8.94. The minimum atomic E-state index is -3.65. The fraction of sp³-hybridized carbons (Fsp3) is 0.263. The van der Waals surface area contributed by atoms with Crippen LogP contribution in [0.15, 0.2) is 51.3 Å². The van der Waals surface area contributed by atoms with Gasteiger partial charge in [0.25, 0.3) is 0 Å². The van der Waals surface area contributed by atoms with Crippen LogP contribution in [0.4, 0.5) is 0 Å². The van der Waals surface area contributed by atoms with Gasteiger partial charge in [-0.15, -0.1) is 11.3 Å². The highest BCUT2D eigenvalue weighted by Crippen LogP contribution is 2.23. The summed E-state index contributed by atoms with van der Waals surface area (Å²) in [6.07, 6.45) is 1.53. The third-order valence-corrected chi connectivity index (χ3v) is 6.49. The summed E-state index contributed by atoms with van der Waals surface area (Å²) in [4.78, 5) is 17.4. The zero-order valence-electron chi connectivity index (χ0n) is 15.6. The number of aromatic nitrogens is 1. The van der Waals surface area contributed by atoms with E-state index in [-0.39, 0.29) is 30.3 Å². The van der Waals surface area contributed by atoms with Gasteiger partial charge < -0.3 is 9.73 Å². The molecule has 0 aliphatic heterocycles. The highest BCUT2D eigenvalue weighted by molar-refractivity contribution is 7.89. The molecule has 0 saturated carbocycles. The first-order chi connectivity index (χ1) is 13.3. The lowest BCUT2D eigenvalue weighted by Gasteiger charge is -2.10. The first kappa shape index (κ1) is 20.2. The Balaban J connectivity index is 1.47. The normalized spacial score (nSPS) is 11.5. The summed E-state index contributed by atoms with van der Waals surface area (Å²) >= 11 is 1.52. The second-order valence-corrected chi connectivity index (χ2v) is 9.00. The van der Waals surface area contributed by atoms with Crippen molar-refractivity contribution in [3.63, 3.8) is 0 Å². The van der Waals surface area contributed by atoms with Gasteiger partial charge in [-0.3, -0.25) is 4.79 Å². The number of benzene rings is 1. The molecule has 2 heterocycles. The third-order valence-electron chi connectivity index (χ3n) is 4.01. The fourth-order valence-electron chi connectivity index (χ4n) is 2.66. The molecular weight excluding hydrogens is 398 g/mol. The smallest absolute Gasteiger partial charge is 0.240 e. The van der Waals surface area contributed by atoms with Crippen molar-refractivity contribution in [2.75, 3.05) is 6.54 Å². The predicted octanol–water partition coefficient (Wildman–Crippen LogP) is 3.00. The minimum Gasteiger partial charge on any atom is -0.443 e. The molecule has 0 bridgehead atoms. The number of sulfonamides is 1. The second kappa shape index (κ2) is 8.68. The van der Waals surface area contributed by atoms with Gasteiger partial charge in [0.1, 0.15) is 6.26 Å². The van der Waals surface area contributed by atoms with E-state index in [2.05, 4.69) is 15.0 Å². The molecule has 0 atom stereocenters. The van der Waals surface area contributed by atoms with Crippen LogP contribution in [-0.2, 0) is 21.4 Å². The number of nitrogens with one attached hydrogen (secondary N) is 2. The van der Waals surface area contributed by atoms with E-state index in [1.54, 1.807) is 19.1 Å². The van der Waals surface area contributed by atoms with Crippen molar-refractivity contribution in [3.8, 4) is 10.8 Å². The standard InChI is InChI=1S/C19H21N3O4S2/c1-13-5-6-17(14(2)10-13)28(24,25)21-8-7-18(23)20-11-15-12-26-19(22-15)16-4-3-9-27-16/h3-6,9-10,12,21H,7-8,11H2,1-2H3,(H,20,23). The van der Waals surface area contributed by atoms with Crippen LogP contribution in [0.2, 0.25) is 0 Å². The summed E-state index contributed by atoms with van der Waals surface area (Å²) < 4.78 is 32.6. The maximum atomic E-state index is 12.4. The molecule has 0 saturated heterocycles. The fourth-order valence-corrected chi connectivity index (χ4v) is 4.57. The number of nitrogens with zero attached hydrogens (tertiary/aromatic N) is 1. The maximum Gasteiger partial charge on any atom is 0.240 e. The van der Waals surface area contributed by atoms with Crippen LogP contribution in [0.5, 0.6) is 0 Å². The Kier molecular flexibility index (Phi) is 6.28. The van der Waals surface area contributed by atoms with Gasteiger partial charge >= 0.3 is 0 Å². The van der Waals surface area contributed by atoms with Gasteiger partial charge in [-0.2, -0.15) is 0 Å². The zero-order valence-corrected chi connectivity index (χ0v) is 17.2. The van der Waals surface area contributed by atoms with Crippen LogP contribution in [0.25, 0.3) is 10.8 Å². The van der Waals surface area contributed by atoms with Crippen molar-refractivity contribution < 1.29 is 17.6 Å². The average Bonchev–Trinajstić information content (AvgIpc) is 3.31. The SMILES string of the molecule is Cc1ccc(S(=O)(=O)NCCC(=O)NCc2coc(-c3cccs3)n2)c(C)c1. The van der Waals surface area contributed by atoms with E-state index < -0.39 is 10.0 Å². The van der Waals surface area contributed by atoms with Crippen LogP contribution >= 0.6 is 11.3 Å². The van der Waals surface area contributed by atoms with Gasteiger partial charge in [0.05, 0.1) is 22.0 Å². The molecule has 0 aliphatic rings.